The van der Waals surface area contributed by atoms with Crippen molar-refractivity contribution in [3.05, 3.63) is 65.7 Å². The topological polar surface area (TPSA) is 12.9 Å². The maximum Gasteiger partial charge on any atom is 0.212 e. The number of benzene rings is 1. The second-order valence-electron chi connectivity index (χ2n) is 3.08. The highest BCUT2D eigenvalue weighted by atomic mass is 19.1. The highest BCUT2D eigenvalue weighted by Crippen LogP contribution is 2.06. The van der Waals surface area contributed by atoms with Crippen LogP contribution in [0.3, 0.4) is 0 Å². The monoisotopic (exact) mass is 198 g/mol. The summed E-state index contributed by atoms with van der Waals surface area (Å²) in [5.74, 6) is -0.457. The molecule has 0 atom stereocenters. The molecule has 0 aliphatic rings. The Morgan fingerprint density at radius 1 is 1.00 bits per heavy atom. The van der Waals surface area contributed by atoms with Crippen LogP contribution in [0.15, 0.2) is 42.6 Å². The van der Waals surface area contributed by atoms with E-state index in [4.69, 9.17) is 0 Å². The van der Waals surface area contributed by atoms with E-state index in [0.29, 0.717) is 0 Å². The minimum atomic E-state index is -0.457. The van der Waals surface area contributed by atoms with Crippen LogP contribution in [-0.2, 0) is 0 Å². The molecule has 73 valence electrons. The number of hydrogen-bond acceptors (Lipinski definition) is 1. The van der Waals surface area contributed by atoms with Gasteiger partial charge in [0.1, 0.15) is 0 Å². The minimum Gasteiger partial charge on any atom is -0.228 e. The SMILES string of the molecule is Fc1ccc(/C=C/c2cc[c]cc2)cn1. The van der Waals surface area contributed by atoms with Crippen LogP contribution in [0.1, 0.15) is 11.1 Å². The van der Waals surface area contributed by atoms with Crippen molar-refractivity contribution < 1.29 is 4.39 Å². The van der Waals surface area contributed by atoms with Gasteiger partial charge < -0.3 is 0 Å². The Balaban J connectivity index is 2.15. The maximum absolute atomic E-state index is 12.5. The summed E-state index contributed by atoms with van der Waals surface area (Å²) in [5, 5.41) is 0. The number of aromatic nitrogens is 1. The number of rotatable bonds is 2. The summed E-state index contributed by atoms with van der Waals surface area (Å²) in [6, 6.07) is 13.6. The lowest BCUT2D eigenvalue weighted by Gasteiger charge is -1.93. The third kappa shape index (κ3) is 2.74. The van der Waals surface area contributed by atoms with Crippen LogP contribution >= 0.6 is 0 Å². The van der Waals surface area contributed by atoms with Gasteiger partial charge in [0.05, 0.1) is 0 Å². The molecule has 2 heteroatoms. The number of pyridine rings is 1. The summed E-state index contributed by atoms with van der Waals surface area (Å²) in [5.41, 5.74) is 1.96. The Bertz CT molecular complexity index is 446. The van der Waals surface area contributed by atoms with Gasteiger partial charge >= 0.3 is 0 Å². The van der Waals surface area contributed by atoms with E-state index in [1.165, 1.54) is 12.3 Å². The lowest BCUT2D eigenvalue weighted by molar-refractivity contribution is 0.583. The molecule has 2 aromatic rings. The first kappa shape index (κ1) is 9.59. The predicted octanol–water partition coefficient (Wildman–Crippen LogP) is 3.19. The second-order valence-corrected chi connectivity index (χ2v) is 3.08. The fourth-order valence-electron chi connectivity index (χ4n) is 1.19. The van der Waals surface area contributed by atoms with E-state index in [0.717, 1.165) is 11.1 Å². The highest BCUT2D eigenvalue weighted by molar-refractivity contribution is 5.68. The fourth-order valence-corrected chi connectivity index (χ4v) is 1.19. The summed E-state index contributed by atoms with van der Waals surface area (Å²) in [6.07, 6.45) is 5.34. The van der Waals surface area contributed by atoms with Crippen molar-refractivity contribution in [2.24, 2.45) is 0 Å². The van der Waals surface area contributed by atoms with E-state index in [1.807, 2.05) is 36.4 Å². The van der Waals surface area contributed by atoms with Crippen molar-refractivity contribution in [3.8, 4) is 0 Å². The number of halogens is 1. The Kier molecular flexibility index (Phi) is 2.88. The molecule has 0 saturated heterocycles. The lowest BCUT2D eigenvalue weighted by atomic mass is 10.2. The predicted molar refractivity (Wildman–Crippen MR) is 58.4 cm³/mol. The molecule has 0 aliphatic carbocycles. The van der Waals surface area contributed by atoms with E-state index in [2.05, 4.69) is 11.1 Å². The van der Waals surface area contributed by atoms with E-state index in [9.17, 15) is 4.39 Å². The molecule has 0 aliphatic heterocycles. The van der Waals surface area contributed by atoms with Crippen LogP contribution in [-0.4, -0.2) is 4.98 Å². The largest absolute Gasteiger partial charge is 0.228 e. The molecule has 0 fully saturated rings. The first-order chi connectivity index (χ1) is 7.34. The summed E-state index contributed by atoms with van der Waals surface area (Å²) in [4.78, 5) is 3.57. The van der Waals surface area contributed by atoms with E-state index in [1.54, 1.807) is 6.07 Å². The molecule has 0 spiro atoms. The normalized spacial score (nSPS) is 10.7. The van der Waals surface area contributed by atoms with Crippen molar-refractivity contribution in [1.82, 2.24) is 4.98 Å². The van der Waals surface area contributed by atoms with Crippen LogP contribution in [0.2, 0.25) is 0 Å². The van der Waals surface area contributed by atoms with Crippen LogP contribution in [0.4, 0.5) is 4.39 Å². The highest BCUT2D eigenvalue weighted by Gasteiger charge is 1.90. The number of hydrogen-bond donors (Lipinski definition) is 0. The Hall–Kier alpha value is -1.96. The molecule has 1 aromatic carbocycles. The Labute approximate surface area is 87.9 Å². The average molecular weight is 198 g/mol. The van der Waals surface area contributed by atoms with Crippen LogP contribution in [0.5, 0.6) is 0 Å². The lowest BCUT2D eigenvalue weighted by Crippen LogP contribution is -1.80. The van der Waals surface area contributed by atoms with Gasteiger partial charge in [-0.25, -0.2) is 4.98 Å². The minimum absolute atomic E-state index is 0.457. The molecule has 0 bridgehead atoms. The van der Waals surface area contributed by atoms with Gasteiger partial charge in [0.25, 0.3) is 0 Å². The zero-order valence-corrected chi connectivity index (χ0v) is 8.02. The third-order valence-corrected chi connectivity index (χ3v) is 1.96. The fraction of sp³-hybridized carbons (Fsp3) is 0. The van der Waals surface area contributed by atoms with Gasteiger partial charge in [-0.1, -0.05) is 36.4 Å². The average Bonchev–Trinajstić information content (AvgIpc) is 2.30. The van der Waals surface area contributed by atoms with Gasteiger partial charge in [-0.3, -0.25) is 0 Å². The van der Waals surface area contributed by atoms with Crippen LogP contribution in [0, 0.1) is 12.0 Å². The summed E-state index contributed by atoms with van der Waals surface area (Å²) in [7, 11) is 0. The van der Waals surface area contributed by atoms with Crippen LogP contribution < -0.4 is 0 Å². The smallest absolute Gasteiger partial charge is 0.212 e. The van der Waals surface area contributed by atoms with Crippen molar-refractivity contribution in [3.63, 3.8) is 0 Å². The van der Waals surface area contributed by atoms with Gasteiger partial charge in [-0.2, -0.15) is 4.39 Å². The quantitative estimate of drug-likeness (QED) is 0.675. The molecule has 0 unspecified atom stereocenters. The molecule has 1 radical (unpaired) electrons. The standard InChI is InChI=1S/C13H9FN/c14-13-9-8-12(10-15-13)7-6-11-4-2-1-3-5-11/h2-10H/b7-6+. The molecule has 1 aromatic heterocycles. The van der Waals surface area contributed by atoms with Gasteiger partial charge in [0.15, 0.2) is 0 Å². The van der Waals surface area contributed by atoms with E-state index >= 15 is 0 Å². The van der Waals surface area contributed by atoms with E-state index < -0.39 is 5.95 Å². The zero-order chi connectivity index (χ0) is 10.5. The molecular formula is C13H9FN. The van der Waals surface area contributed by atoms with Gasteiger partial charge in [0.2, 0.25) is 5.95 Å². The maximum atomic E-state index is 12.5. The van der Waals surface area contributed by atoms with Gasteiger partial charge in [-0.15, -0.1) is 0 Å². The molecule has 1 nitrogen and oxygen atoms in total. The Morgan fingerprint density at radius 3 is 2.40 bits per heavy atom. The van der Waals surface area contributed by atoms with Gasteiger partial charge in [0, 0.05) is 6.20 Å². The van der Waals surface area contributed by atoms with Gasteiger partial charge in [-0.05, 0) is 29.3 Å². The first-order valence-electron chi connectivity index (χ1n) is 4.60. The summed E-state index contributed by atoms with van der Waals surface area (Å²) >= 11 is 0. The first-order valence-corrected chi connectivity index (χ1v) is 4.60. The van der Waals surface area contributed by atoms with Crippen molar-refractivity contribution in [1.29, 1.82) is 0 Å². The second kappa shape index (κ2) is 4.51. The molecule has 0 N–H and O–H groups in total. The van der Waals surface area contributed by atoms with Crippen LogP contribution in [0.25, 0.3) is 12.2 Å². The van der Waals surface area contributed by atoms with Crippen molar-refractivity contribution in [2.75, 3.05) is 0 Å². The molecule has 2 rings (SSSR count). The van der Waals surface area contributed by atoms with Crippen molar-refractivity contribution >= 4 is 12.2 Å². The van der Waals surface area contributed by atoms with E-state index in [-0.39, 0.29) is 0 Å². The Morgan fingerprint density at radius 2 is 1.73 bits per heavy atom. The molecule has 0 saturated carbocycles. The molecule has 1 heterocycles. The number of nitrogens with zero attached hydrogens (tertiary/aromatic N) is 1. The summed E-state index contributed by atoms with van der Waals surface area (Å²) < 4.78 is 12.5. The molecule has 0 amide bonds. The van der Waals surface area contributed by atoms with Crippen molar-refractivity contribution in [2.45, 2.75) is 0 Å². The molecular weight excluding hydrogens is 189 g/mol. The molecule has 15 heavy (non-hydrogen) atoms. The summed E-state index contributed by atoms with van der Waals surface area (Å²) in [6.45, 7) is 0. The zero-order valence-electron chi connectivity index (χ0n) is 8.02. The third-order valence-electron chi connectivity index (χ3n) is 1.96.